The molecule has 4 rings (SSSR count). The van der Waals surface area contributed by atoms with Crippen molar-refractivity contribution in [1.29, 1.82) is 0 Å². The molecule has 150 valence electrons. The topological polar surface area (TPSA) is 66.4 Å². The molecule has 2 aromatic heterocycles. The Kier molecular flexibility index (Phi) is 4.70. The van der Waals surface area contributed by atoms with Crippen molar-refractivity contribution >= 4 is 21.4 Å². The van der Waals surface area contributed by atoms with E-state index in [-0.39, 0.29) is 12.2 Å². The Morgan fingerprint density at radius 1 is 1.10 bits per heavy atom. The number of pyridine rings is 2. The molecule has 0 saturated heterocycles. The van der Waals surface area contributed by atoms with Gasteiger partial charge in [0, 0.05) is 38.6 Å². The van der Waals surface area contributed by atoms with Crippen molar-refractivity contribution < 1.29 is 17.2 Å². The number of hydrogen-bond acceptors (Lipinski definition) is 5. The van der Waals surface area contributed by atoms with Crippen LogP contribution in [0.4, 0.5) is 20.2 Å². The molecule has 0 bridgehead atoms. The summed E-state index contributed by atoms with van der Waals surface area (Å²) >= 11 is 0. The average Bonchev–Trinajstić information content (AvgIpc) is 3.12. The Bertz CT molecular complexity index is 1160. The second-order valence-electron chi connectivity index (χ2n) is 6.86. The van der Waals surface area contributed by atoms with Crippen molar-refractivity contribution in [3.63, 3.8) is 0 Å². The number of benzene rings is 1. The van der Waals surface area contributed by atoms with Crippen molar-refractivity contribution in [1.82, 2.24) is 9.97 Å². The van der Waals surface area contributed by atoms with E-state index in [0.717, 1.165) is 27.6 Å². The van der Waals surface area contributed by atoms with Crippen molar-refractivity contribution in [3.05, 3.63) is 66.1 Å². The molecule has 3 aromatic rings. The fourth-order valence-electron chi connectivity index (χ4n) is 3.53. The highest BCUT2D eigenvalue weighted by Crippen LogP contribution is 2.38. The Morgan fingerprint density at radius 2 is 1.83 bits per heavy atom. The number of halogens is 2. The average molecular weight is 416 g/mol. The lowest BCUT2D eigenvalue weighted by molar-refractivity contribution is 0.565. The van der Waals surface area contributed by atoms with Gasteiger partial charge in [-0.3, -0.25) is 14.3 Å². The zero-order valence-corrected chi connectivity index (χ0v) is 16.6. The van der Waals surface area contributed by atoms with Crippen LogP contribution in [0.1, 0.15) is 5.56 Å². The summed E-state index contributed by atoms with van der Waals surface area (Å²) < 4.78 is 56.2. The molecule has 0 fully saturated rings. The van der Waals surface area contributed by atoms with E-state index in [0.29, 0.717) is 17.8 Å². The van der Waals surface area contributed by atoms with Crippen LogP contribution in [0.5, 0.6) is 0 Å². The minimum atomic E-state index is -4.16. The highest BCUT2D eigenvalue weighted by atomic mass is 32.2. The third-order valence-corrected chi connectivity index (χ3v) is 6.63. The molecule has 0 atom stereocenters. The lowest BCUT2D eigenvalue weighted by Gasteiger charge is -2.21. The molecule has 3 heterocycles. The number of fused-ring (bicyclic) bond motifs is 1. The zero-order chi connectivity index (χ0) is 20.8. The maximum atomic E-state index is 14.4. The molecule has 6 nitrogen and oxygen atoms in total. The summed E-state index contributed by atoms with van der Waals surface area (Å²) in [5.74, 6) is -1.87. The molecule has 0 saturated carbocycles. The Labute approximate surface area is 167 Å². The molecule has 1 aromatic carbocycles. The maximum absolute atomic E-state index is 14.4. The van der Waals surface area contributed by atoms with Gasteiger partial charge < -0.3 is 4.90 Å². The molecule has 0 N–H and O–H groups in total. The van der Waals surface area contributed by atoms with E-state index < -0.39 is 26.6 Å². The van der Waals surface area contributed by atoms with E-state index in [1.165, 1.54) is 25.2 Å². The SMILES string of the molecule is CN(C)c1c(F)cc(S(=O)(=O)N2CCc3c(-c4ccccn4)cncc32)cc1F. The van der Waals surface area contributed by atoms with Gasteiger partial charge in [0.1, 0.15) is 5.69 Å². The first kappa shape index (κ1) is 19.3. The summed E-state index contributed by atoms with van der Waals surface area (Å²) in [6.07, 6.45) is 5.19. The van der Waals surface area contributed by atoms with E-state index in [4.69, 9.17) is 0 Å². The van der Waals surface area contributed by atoms with Gasteiger partial charge in [-0.15, -0.1) is 0 Å². The summed E-state index contributed by atoms with van der Waals surface area (Å²) in [4.78, 5) is 9.29. The first-order chi connectivity index (χ1) is 13.8. The third kappa shape index (κ3) is 3.21. The van der Waals surface area contributed by atoms with E-state index in [9.17, 15) is 17.2 Å². The summed E-state index contributed by atoms with van der Waals surface area (Å²) in [5, 5.41) is 0. The van der Waals surface area contributed by atoms with Gasteiger partial charge in [-0.05, 0) is 36.2 Å². The molecule has 9 heteroatoms. The van der Waals surface area contributed by atoms with Crippen LogP contribution < -0.4 is 9.21 Å². The van der Waals surface area contributed by atoms with Crippen molar-refractivity contribution in [3.8, 4) is 11.3 Å². The molecule has 0 radical (unpaired) electrons. The van der Waals surface area contributed by atoms with Gasteiger partial charge >= 0.3 is 0 Å². The predicted molar refractivity (Wildman–Crippen MR) is 106 cm³/mol. The largest absolute Gasteiger partial charge is 0.373 e. The smallest absolute Gasteiger partial charge is 0.264 e. The lowest BCUT2D eigenvalue weighted by atomic mass is 10.0. The van der Waals surface area contributed by atoms with E-state index in [2.05, 4.69) is 9.97 Å². The maximum Gasteiger partial charge on any atom is 0.264 e. The van der Waals surface area contributed by atoms with Crippen molar-refractivity contribution in [2.24, 2.45) is 0 Å². The number of nitrogens with zero attached hydrogens (tertiary/aromatic N) is 4. The number of rotatable bonds is 4. The van der Waals surface area contributed by atoms with Crippen molar-refractivity contribution in [2.75, 3.05) is 29.8 Å². The predicted octanol–water partition coefficient (Wildman–Crippen LogP) is 3.24. The van der Waals surface area contributed by atoms with Crippen LogP contribution in [0.2, 0.25) is 0 Å². The van der Waals surface area contributed by atoms with Crippen LogP contribution in [-0.2, 0) is 16.4 Å². The first-order valence-electron chi connectivity index (χ1n) is 8.88. The van der Waals surface area contributed by atoms with Crippen LogP contribution in [0.3, 0.4) is 0 Å². The molecule has 29 heavy (non-hydrogen) atoms. The molecule has 0 aliphatic carbocycles. The fourth-order valence-corrected chi connectivity index (χ4v) is 5.03. The molecule has 0 spiro atoms. The number of sulfonamides is 1. The molecule has 1 aliphatic heterocycles. The molecular weight excluding hydrogens is 398 g/mol. The second kappa shape index (κ2) is 7.07. The van der Waals surface area contributed by atoms with Gasteiger partial charge in [-0.1, -0.05) is 6.07 Å². The van der Waals surface area contributed by atoms with Crippen molar-refractivity contribution in [2.45, 2.75) is 11.3 Å². The van der Waals surface area contributed by atoms with E-state index >= 15 is 0 Å². The fraction of sp³-hybridized carbons (Fsp3) is 0.200. The first-order valence-corrected chi connectivity index (χ1v) is 10.3. The standard InChI is InChI=1S/C20H18F2N4O2S/c1-25(2)20-16(21)9-13(10-17(20)22)29(27,28)26-8-6-14-15(11-23-12-19(14)26)18-5-3-4-7-24-18/h3-5,7,9-12H,6,8H2,1-2H3. The summed E-state index contributed by atoms with van der Waals surface area (Å²) in [7, 11) is -1.20. The Balaban J connectivity index is 1.79. The van der Waals surface area contributed by atoms with E-state index in [1.807, 2.05) is 12.1 Å². The minimum absolute atomic E-state index is 0.155. The summed E-state index contributed by atoms with van der Waals surface area (Å²) in [6.45, 7) is 0.155. The highest BCUT2D eigenvalue weighted by Gasteiger charge is 2.34. The van der Waals surface area contributed by atoms with Crippen LogP contribution >= 0.6 is 0 Å². The highest BCUT2D eigenvalue weighted by molar-refractivity contribution is 7.92. The van der Waals surface area contributed by atoms with Gasteiger partial charge in [-0.2, -0.15) is 0 Å². The molecular formula is C20H18F2N4O2S. The van der Waals surface area contributed by atoms with Gasteiger partial charge in [0.05, 0.1) is 22.5 Å². The van der Waals surface area contributed by atoms with Gasteiger partial charge in [0.2, 0.25) is 0 Å². The van der Waals surface area contributed by atoms with Crippen LogP contribution in [0.25, 0.3) is 11.3 Å². The summed E-state index contributed by atoms with van der Waals surface area (Å²) in [5.41, 5.74) is 2.31. The molecule has 0 amide bonds. The van der Waals surface area contributed by atoms with Crippen LogP contribution in [0.15, 0.2) is 53.8 Å². The quantitative estimate of drug-likeness (QED) is 0.653. The van der Waals surface area contributed by atoms with Gasteiger partial charge in [0.15, 0.2) is 11.6 Å². The zero-order valence-electron chi connectivity index (χ0n) is 15.8. The third-order valence-electron chi connectivity index (χ3n) is 4.83. The Morgan fingerprint density at radius 3 is 2.45 bits per heavy atom. The monoisotopic (exact) mass is 416 g/mol. The molecule has 1 aliphatic rings. The normalized spacial score (nSPS) is 13.4. The van der Waals surface area contributed by atoms with E-state index in [1.54, 1.807) is 18.5 Å². The van der Waals surface area contributed by atoms with Gasteiger partial charge in [0.25, 0.3) is 10.0 Å². The van der Waals surface area contributed by atoms with Crippen LogP contribution in [-0.4, -0.2) is 39.0 Å². The minimum Gasteiger partial charge on any atom is -0.373 e. The lowest BCUT2D eigenvalue weighted by Crippen LogP contribution is -2.29. The summed E-state index contributed by atoms with van der Waals surface area (Å²) in [6, 6.07) is 7.14. The molecule has 0 unspecified atom stereocenters. The number of aromatic nitrogens is 2. The second-order valence-corrected chi connectivity index (χ2v) is 8.72. The Hall–Kier alpha value is -3.07. The van der Waals surface area contributed by atoms with Crippen LogP contribution in [0, 0.1) is 11.6 Å². The number of hydrogen-bond donors (Lipinski definition) is 0. The van der Waals surface area contributed by atoms with Gasteiger partial charge in [-0.25, -0.2) is 17.2 Å². The number of anilines is 2.